The molecule has 0 fully saturated rings. The van der Waals surface area contributed by atoms with E-state index >= 15 is 0 Å². The van der Waals surface area contributed by atoms with E-state index in [9.17, 15) is 8.78 Å². The van der Waals surface area contributed by atoms with Crippen molar-refractivity contribution in [2.45, 2.75) is 19.9 Å². The molecule has 0 aromatic heterocycles. The van der Waals surface area contributed by atoms with Crippen LogP contribution in [0.4, 0.5) is 14.5 Å². The Morgan fingerprint density at radius 2 is 1.75 bits per heavy atom. The van der Waals surface area contributed by atoms with Crippen LogP contribution in [0.15, 0.2) is 30.3 Å². The zero-order valence-electron chi connectivity index (χ0n) is 11.0. The summed E-state index contributed by atoms with van der Waals surface area (Å²) in [5, 5.41) is 3.47. The highest BCUT2D eigenvalue weighted by Crippen LogP contribution is 2.31. The molecular formula is C15H13Cl2F2N. The van der Waals surface area contributed by atoms with Gasteiger partial charge in [-0.05, 0) is 43.7 Å². The molecule has 0 aliphatic rings. The SMILES string of the molecule is Cc1c(F)cccc1NC(C)c1cc(F)c(Cl)cc1Cl. The lowest BCUT2D eigenvalue weighted by Gasteiger charge is -2.19. The van der Waals surface area contributed by atoms with Crippen LogP contribution < -0.4 is 5.32 Å². The van der Waals surface area contributed by atoms with Crippen LogP contribution in [0.3, 0.4) is 0 Å². The normalized spacial score (nSPS) is 12.3. The van der Waals surface area contributed by atoms with Gasteiger partial charge in [-0.2, -0.15) is 0 Å². The fourth-order valence-electron chi connectivity index (χ4n) is 1.94. The van der Waals surface area contributed by atoms with Gasteiger partial charge in [0.05, 0.1) is 11.1 Å². The summed E-state index contributed by atoms with van der Waals surface area (Å²) < 4.78 is 27.0. The minimum atomic E-state index is -0.532. The molecule has 20 heavy (non-hydrogen) atoms. The first kappa shape index (κ1) is 15.1. The monoisotopic (exact) mass is 315 g/mol. The van der Waals surface area contributed by atoms with E-state index in [1.165, 1.54) is 18.2 Å². The molecule has 0 aliphatic carbocycles. The molecule has 5 heteroatoms. The van der Waals surface area contributed by atoms with Crippen LogP contribution in [0.2, 0.25) is 10.0 Å². The van der Waals surface area contributed by atoms with Gasteiger partial charge < -0.3 is 5.32 Å². The summed E-state index contributed by atoms with van der Waals surface area (Å²) in [7, 11) is 0. The molecule has 2 aromatic carbocycles. The van der Waals surface area contributed by atoms with Crippen LogP contribution in [-0.4, -0.2) is 0 Å². The molecule has 2 aromatic rings. The summed E-state index contributed by atoms with van der Waals surface area (Å²) in [6.45, 7) is 3.49. The Balaban J connectivity index is 2.31. The second-order valence-electron chi connectivity index (χ2n) is 4.57. The molecule has 0 saturated heterocycles. The Kier molecular flexibility index (Phi) is 4.51. The molecule has 1 N–H and O–H groups in total. The maximum absolute atomic E-state index is 13.5. The molecule has 0 heterocycles. The van der Waals surface area contributed by atoms with Crippen molar-refractivity contribution in [3.8, 4) is 0 Å². The molecule has 2 rings (SSSR count). The van der Waals surface area contributed by atoms with E-state index < -0.39 is 5.82 Å². The van der Waals surface area contributed by atoms with Gasteiger partial charge in [0.15, 0.2) is 0 Å². The summed E-state index contributed by atoms with van der Waals surface area (Å²) in [6.07, 6.45) is 0. The van der Waals surface area contributed by atoms with Crippen molar-refractivity contribution in [3.63, 3.8) is 0 Å². The molecule has 0 radical (unpaired) electrons. The molecule has 1 unspecified atom stereocenters. The van der Waals surface area contributed by atoms with Crippen LogP contribution in [0.25, 0.3) is 0 Å². The average Bonchev–Trinajstić information content (AvgIpc) is 2.39. The summed E-state index contributed by atoms with van der Waals surface area (Å²) in [5.41, 5.74) is 1.71. The minimum absolute atomic E-state index is 0.0205. The second kappa shape index (κ2) is 5.98. The fourth-order valence-corrected chi connectivity index (χ4v) is 2.49. The number of halogens is 4. The van der Waals surface area contributed by atoms with Gasteiger partial charge >= 0.3 is 0 Å². The van der Waals surface area contributed by atoms with Crippen molar-refractivity contribution in [1.82, 2.24) is 0 Å². The minimum Gasteiger partial charge on any atom is -0.378 e. The van der Waals surface area contributed by atoms with Gasteiger partial charge in [0.1, 0.15) is 11.6 Å². The smallest absolute Gasteiger partial charge is 0.142 e. The maximum atomic E-state index is 13.5. The van der Waals surface area contributed by atoms with E-state index in [1.54, 1.807) is 19.1 Å². The Labute approximate surface area is 126 Å². The third-order valence-electron chi connectivity index (χ3n) is 3.15. The van der Waals surface area contributed by atoms with Gasteiger partial charge in [-0.25, -0.2) is 8.78 Å². The van der Waals surface area contributed by atoms with Gasteiger partial charge in [0, 0.05) is 16.3 Å². The van der Waals surface area contributed by atoms with E-state index in [0.717, 1.165) is 0 Å². The number of anilines is 1. The molecular weight excluding hydrogens is 303 g/mol. The lowest BCUT2D eigenvalue weighted by atomic mass is 10.1. The number of benzene rings is 2. The van der Waals surface area contributed by atoms with Gasteiger partial charge in [-0.1, -0.05) is 29.3 Å². The van der Waals surface area contributed by atoms with Crippen molar-refractivity contribution in [3.05, 3.63) is 63.1 Å². The fraction of sp³-hybridized carbons (Fsp3) is 0.200. The van der Waals surface area contributed by atoms with Crippen molar-refractivity contribution in [2.75, 3.05) is 5.32 Å². The van der Waals surface area contributed by atoms with Crippen molar-refractivity contribution >= 4 is 28.9 Å². The summed E-state index contributed by atoms with van der Waals surface area (Å²) in [6, 6.07) is 7.13. The summed E-state index contributed by atoms with van der Waals surface area (Å²) in [5.74, 6) is -0.828. The second-order valence-corrected chi connectivity index (χ2v) is 5.38. The third kappa shape index (κ3) is 3.05. The number of rotatable bonds is 3. The number of hydrogen-bond acceptors (Lipinski definition) is 1. The van der Waals surface area contributed by atoms with Crippen LogP contribution in [0, 0.1) is 18.6 Å². The Bertz CT molecular complexity index is 644. The van der Waals surface area contributed by atoms with Crippen molar-refractivity contribution in [2.24, 2.45) is 0 Å². The lowest BCUT2D eigenvalue weighted by Crippen LogP contribution is -2.09. The Morgan fingerprint density at radius 1 is 1.05 bits per heavy atom. The predicted octanol–water partition coefficient (Wildman–Crippen LogP) is 5.75. The quantitative estimate of drug-likeness (QED) is 0.711. The maximum Gasteiger partial charge on any atom is 0.142 e. The van der Waals surface area contributed by atoms with Gasteiger partial charge in [0.25, 0.3) is 0 Å². The van der Waals surface area contributed by atoms with Crippen LogP contribution in [-0.2, 0) is 0 Å². The topological polar surface area (TPSA) is 12.0 Å². The molecule has 0 bridgehead atoms. The standard InChI is InChI=1S/C15H13Cl2F2N/c1-8-13(18)4-3-5-15(8)20-9(2)10-6-14(19)12(17)7-11(10)16/h3-7,9,20H,1-2H3. The molecule has 1 atom stereocenters. The zero-order chi connectivity index (χ0) is 14.9. The first-order valence-electron chi connectivity index (χ1n) is 6.06. The van der Waals surface area contributed by atoms with Gasteiger partial charge in [-0.15, -0.1) is 0 Å². The van der Waals surface area contributed by atoms with Crippen molar-refractivity contribution < 1.29 is 8.78 Å². The highest BCUT2D eigenvalue weighted by atomic mass is 35.5. The molecule has 1 nitrogen and oxygen atoms in total. The van der Waals surface area contributed by atoms with E-state index in [1.807, 2.05) is 6.92 Å². The molecule has 0 aliphatic heterocycles. The highest BCUT2D eigenvalue weighted by Gasteiger charge is 2.14. The van der Waals surface area contributed by atoms with Gasteiger partial charge in [-0.3, -0.25) is 0 Å². The summed E-state index contributed by atoms with van der Waals surface area (Å²) in [4.78, 5) is 0. The first-order valence-corrected chi connectivity index (χ1v) is 6.82. The van der Waals surface area contributed by atoms with E-state index in [2.05, 4.69) is 5.32 Å². The average molecular weight is 316 g/mol. The first-order chi connectivity index (χ1) is 9.40. The largest absolute Gasteiger partial charge is 0.378 e. The Morgan fingerprint density at radius 3 is 2.45 bits per heavy atom. The molecule has 0 spiro atoms. The molecule has 106 valence electrons. The van der Waals surface area contributed by atoms with Crippen LogP contribution in [0.5, 0.6) is 0 Å². The Hall–Kier alpha value is -1.32. The zero-order valence-corrected chi connectivity index (χ0v) is 12.5. The van der Waals surface area contributed by atoms with Crippen LogP contribution in [0.1, 0.15) is 24.1 Å². The van der Waals surface area contributed by atoms with Gasteiger partial charge in [0.2, 0.25) is 0 Å². The molecule has 0 saturated carbocycles. The third-order valence-corrected chi connectivity index (χ3v) is 3.76. The summed E-state index contributed by atoms with van der Waals surface area (Å²) >= 11 is 11.7. The van der Waals surface area contributed by atoms with E-state index in [-0.39, 0.29) is 16.9 Å². The lowest BCUT2D eigenvalue weighted by molar-refractivity contribution is 0.618. The van der Waals surface area contributed by atoms with E-state index in [0.29, 0.717) is 21.8 Å². The van der Waals surface area contributed by atoms with Crippen LogP contribution >= 0.6 is 23.2 Å². The number of nitrogens with one attached hydrogen (secondary N) is 1. The predicted molar refractivity (Wildman–Crippen MR) is 79.6 cm³/mol. The molecule has 0 amide bonds. The number of hydrogen-bond donors (Lipinski definition) is 1. The van der Waals surface area contributed by atoms with Crippen molar-refractivity contribution in [1.29, 1.82) is 0 Å². The highest BCUT2D eigenvalue weighted by molar-refractivity contribution is 6.35. The van der Waals surface area contributed by atoms with E-state index in [4.69, 9.17) is 23.2 Å².